The Morgan fingerprint density at radius 2 is 1.26 bits per heavy atom. The molecule has 184 valence electrons. The first kappa shape index (κ1) is 26.3. The lowest BCUT2D eigenvalue weighted by Crippen LogP contribution is -2.02. The zero-order chi connectivity index (χ0) is 25.7. The van der Waals surface area contributed by atoms with Crippen LogP contribution in [0, 0.1) is 33.5 Å². The summed E-state index contributed by atoms with van der Waals surface area (Å²) in [7, 11) is 0. The van der Waals surface area contributed by atoms with Crippen LogP contribution in [0.1, 0.15) is 49.9 Å². The van der Waals surface area contributed by atoms with E-state index in [1.54, 1.807) is 12.1 Å². The maximum Gasteiger partial charge on any atom is 0.165 e. The molecule has 1 N–H and O–H groups in total. The summed E-state index contributed by atoms with van der Waals surface area (Å²) in [6, 6.07) is 13.9. The number of hydrogen-bond donors (Lipinski definition) is 1. The highest BCUT2D eigenvalue weighted by atomic mass is 19.1. The SMILES string of the molecule is CC(C)=CCNc1ccc(-c2c(C)c(C)c(-c3ccc(OCC=C(C)C)c(F)c3)c(C)c2C)cc1. The van der Waals surface area contributed by atoms with E-state index in [-0.39, 0.29) is 11.6 Å². The van der Waals surface area contributed by atoms with E-state index in [2.05, 4.69) is 77.2 Å². The molecular weight excluding hydrogens is 433 g/mol. The highest BCUT2D eigenvalue weighted by molar-refractivity contribution is 5.83. The molecule has 0 aliphatic carbocycles. The monoisotopic (exact) mass is 471 g/mol. The van der Waals surface area contributed by atoms with E-state index in [1.807, 2.05) is 26.0 Å². The van der Waals surface area contributed by atoms with Crippen LogP contribution in [0.5, 0.6) is 5.75 Å². The first-order valence-corrected chi connectivity index (χ1v) is 12.2. The van der Waals surface area contributed by atoms with Crippen molar-refractivity contribution in [1.29, 1.82) is 0 Å². The molecule has 3 aromatic carbocycles. The van der Waals surface area contributed by atoms with Crippen LogP contribution in [0.3, 0.4) is 0 Å². The van der Waals surface area contributed by atoms with Gasteiger partial charge in [0.05, 0.1) is 0 Å². The van der Waals surface area contributed by atoms with Gasteiger partial charge in [-0.25, -0.2) is 4.39 Å². The van der Waals surface area contributed by atoms with Gasteiger partial charge < -0.3 is 10.1 Å². The van der Waals surface area contributed by atoms with Crippen LogP contribution < -0.4 is 10.1 Å². The fourth-order valence-corrected chi connectivity index (χ4v) is 4.38. The minimum Gasteiger partial charge on any atom is -0.486 e. The zero-order valence-electron chi connectivity index (χ0n) is 22.4. The van der Waals surface area contributed by atoms with E-state index in [9.17, 15) is 4.39 Å². The molecule has 0 radical (unpaired) electrons. The van der Waals surface area contributed by atoms with Crippen LogP contribution in [0.2, 0.25) is 0 Å². The molecule has 0 amide bonds. The van der Waals surface area contributed by atoms with Crippen LogP contribution in [0.15, 0.2) is 65.8 Å². The molecule has 3 rings (SSSR count). The average Bonchev–Trinajstić information content (AvgIpc) is 2.80. The molecule has 0 saturated heterocycles. The first-order valence-electron chi connectivity index (χ1n) is 12.2. The molecule has 0 atom stereocenters. The summed E-state index contributed by atoms with van der Waals surface area (Å²) in [5.41, 5.74) is 12.8. The van der Waals surface area contributed by atoms with Crippen molar-refractivity contribution in [3.63, 3.8) is 0 Å². The Hall–Kier alpha value is -3.33. The topological polar surface area (TPSA) is 21.3 Å². The Morgan fingerprint density at radius 3 is 1.77 bits per heavy atom. The number of rotatable bonds is 8. The van der Waals surface area contributed by atoms with Gasteiger partial charge in [-0.05, 0) is 130 Å². The van der Waals surface area contributed by atoms with Crippen molar-refractivity contribution in [1.82, 2.24) is 0 Å². The molecule has 0 aromatic heterocycles. The molecule has 2 nitrogen and oxygen atoms in total. The third kappa shape index (κ3) is 6.22. The Labute approximate surface area is 210 Å². The molecule has 0 bridgehead atoms. The molecule has 0 spiro atoms. The highest BCUT2D eigenvalue weighted by Crippen LogP contribution is 2.40. The third-order valence-corrected chi connectivity index (χ3v) is 6.57. The van der Waals surface area contributed by atoms with Gasteiger partial charge in [-0.3, -0.25) is 0 Å². The second-order valence-corrected chi connectivity index (χ2v) is 9.73. The van der Waals surface area contributed by atoms with Crippen molar-refractivity contribution in [2.24, 2.45) is 0 Å². The number of allylic oxidation sites excluding steroid dienone is 2. The highest BCUT2D eigenvalue weighted by Gasteiger charge is 2.18. The van der Waals surface area contributed by atoms with Crippen molar-refractivity contribution >= 4 is 5.69 Å². The average molecular weight is 472 g/mol. The molecule has 0 heterocycles. The zero-order valence-corrected chi connectivity index (χ0v) is 22.4. The van der Waals surface area contributed by atoms with Gasteiger partial charge in [-0.2, -0.15) is 0 Å². The van der Waals surface area contributed by atoms with E-state index >= 15 is 0 Å². The normalized spacial score (nSPS) is 10.7. The fraction of sp³-hybridized carbons (Fsp3) is 0.312. The van der Waals surface area contributed by atoms with E-state index in [4.69, 9.17) is 4.74 Å². The summed E-state index contributed by atoms with van der Waals surface area (Å²) in [6.45, 7) is 18.0. The minimum atomic E-state index is -0.334. The quantitative estimate of drug-likeness (QED) is 0.331. The molecular formula is C32H38FNO. The predicted octanol–water partition coefficient (Wildman–Crippen LogP) is 9.12. The van der Waals surface area contributed by atoms with Crippen LogP contribution in [-0.2, 0) is 0 Å². The third-order valence-electron chi connectivity index (χ3n) is 6.57. The molecule has 0 aliphatic rings. The lowest BCUT2D eigenvalue weighted by molar-refractivity contribution is 0.341. The van der Waals surface area contributed by atoms with Gasteiger partial charge in [0.15, 0.2) is 11.6 Å². The van der Waals surface area contributed by atoms with Crippen LogP contribution in [-0.4, -0.2) is 13.2 Å². The minimum absolute atomic E-state index is 0.282. The fourth-order valence-electron chi connectivity index (χ4n) is 4.38. The smallest absolute Gasteiger partial charge is 0.165 e. The number of halogens is 1. The molecule has 0 saturated carbocycles. The summed E-state index contributed by atoms with van der Waals surface area (Å²) in [5, 5.41) is 3.44. The summed E-state index contributed by atoms with van der Waals surface area (Å²) >= 11 is 0. The lowest BCUT2D eigenvalue weighted by atomic mass is 9.83. The molecule has 0 unspecified atom stereocenters. The number of benzene rings is 3. The predicted molar refractivity (Wildman–Crippen MR) is 149 cm³/mol. The first-order chi connectivity index (χ1) is 16.6. The molecule has 35 heavy (non-hydrogen) atoms. The standard InChI is InChI=1S/C32H38FNO/c1-20(2)15-17-34-28-12-9-26(10-13-28)31-22(5)24(7)32(25(8)23(31)6)27-11-14-30(29(33)19-27)35-18-16-21(3)4/h9-16,19,34H,17-18H2,1-8H3. The van der Waals surface area contributed by atoms with Crippen LogP contribution >= 0.6 is 0 Å². The Bertz CT molecular complexity index is 1230. The molecule has 3 aromatic rings. The van der Waals surface area contributed by atoms with Crippen molar-refractivity contribution in [3.8, 4) is 28.0 Å². The number of anilines is 1. The second-order valence-electron chi connectivity index (χ2n) is 9.73. The maximum atomic E-state index is 14.9. The number of ether oxygens (including phenoxy) is 1. The van der Waals surface area contributed by atoms with Crippen LogP contribution in [0.4, 0.5) is 10.1 Å². The lowest BCUT2D eigenvalue weighted by Gasteiger charge is -2.22. The van der Waals surface area contributed by atoms with Gasteiger partial charge in [-0.1, -0.05) is 35.4 Å². The summed E-state index contributed by atoms with van der Waals surface area (Å²) in [5.74, 6) is -0.0519. The summed E-state index contributed by atoms with van der Waals surface area (Å²) in [6.07, 6.45) is 4.12. The summed E-state index contributed by atoms with van der Waals surface area (Å²) < 4.78 is 20.5. The molecule has 3 heteroatoms. The molecule has 0 aliphatic heterocycles. The number of hydrogen-bond acceptors (Lipinski definition) is 2. The second kappa shape index (κ2) is 11.4. The largest absolute Gasteiger partial charge is 0.486 e. The van der Waals surface area contributed by atoms with Gasteiger partial charge in [0.25, 0.3) is 0 Å². The Balaban J connectivity index is 1.94. The van der Waals surface area contributed by atoms with E-state index in [0.29, 0.717) is 6.61 Å². The van der Waals surface area contributed by atoms with Crippen LogP contribution in [0.25, 0.3) is 22.3 Å². The van der Waals surface area contributed by atoms with E-state index < -0.39 is 0 Å². The Morgan fingerprint density at radius 1 is 0.743 bits per heavy atom. The van der Waals surface area contributed by atoms with Gasteiger partial charge in [-0.15, -0.1) is 0 Å². The van der Waals surface area contributed by atoms with Gasteiger partial charge >= 0.3 is 0 Å². The van der Waals surface area contributed by atoms with Crippen molar-refractivity contribution in [2.75, 3.05) is 18.5 Å². The number of nitrogens with one attached hydrogen (secondary N) is 1. The van der Waals surface area contributed by atoms with Gasteiger partial charge in [0.2, 0.25) is 0 Å². The Kier molecular flexibility index (Phi) is 8.56. The van der Waals surface area contributed by atoms with Crippen molar-refractivity contribution < 1.29 is 9.13 Å². The molecule has 0 fully saturated rings. The van der Waals surface area contributed by atoms with E-state index in [1.165, 1.54) is 39.0 Å². The van der Waals surface area contributed by atoms with Crippen molar-refractivity contribution in [3.05, 3.63) is 93.8 Å². The summed E-state index contributed by atoms with van der Waals surface area (Å²) in [4.78, 5) is 0. The maximum absolute atomic E-state index is 14.9. The van der Waals surface area contributed by atoms with E-state index in [0.717, 1.165) is 28.9 Å². The van der Waals surface area contributed by atoms with Gasteiger partial charge in [0.1, 0.15) is 6.61 Å². The van der Waals surface area contributed by atoms with Crippen molar-refractivity contribution in [2.45, 2.75) is 55.4 Å². The van der Waals surface area contributed by atoms with Gasteiger partial charge in [0, 0.05) is 12.2 Å².